The van der Waals surface area contributed by atoms with Crippen LogP contribution in [0.2, 0.25) is 0 Å². The number of ether oxygens (including phenoxy) is 4. The summed E-state index contributed by atoms with van der Waals surface area (Å²) in [7, 11) is 1.62. The minimum atomic E-state index is 0.407. The molecule has 0 unspecified atom stereocenters. The SMILES string of the molecule is CCCOCCOc1cc2ncnc(N)c2cc1OCCOC. The molecule has 1 heterocycles. The van der Waals surface area contributed by atoms with Gasteiger partial charge in [0.2, 0.25) is 0 Å². The van der Waals surface area contributed by atoms with E-state index in [1.165, 1.54) is 6.33 Å². The molecule has 7 heteroatoms. The van der Waals surface area contributed by atoms with Gasteiger partial charge in [0, 0.05) is 25.2 Å². The van der Waals surface area contributed by atoms with E-state index in [4.69, 9.17) is 24.7 Å². The summed E-state index contributed by atoms with van der Waals surface area (Å²) < 4.78 is 21.9. The van der Waals surface area contributed by atoms with E-state index in [1.807, 2.05) is 0 Å². The van der Waals surface area contributed by atoms with Crippen molar-refractivity contribution in [3.05, 3.63) is 18.5 Å². The van der Waals surface area contributed by atoms with Crippen LogP contribution in [0.25, 0.3) is 10.9 Å². The van der Waals surface area contributed by atoms with Crippen LogP contribution in [-0.4, -0.2) is 50.1 Å². The molecule has 1 aromatic heterocycles. The number of aromatic nitrogens is 2. The highest BCUT2D eigenvalue weighted by atomic mass is 16.5. The highest BCUT2D eigenvalue weighted by Crippen LogP contribution is 2.33. The molecule has 0 amide bonds. The van der Waals surface area contributed by atoms with Gasteiger partial charge in [0.15, 0.2) is 11.5 Å². The van der Waals surface area contributed by atoms with Crippen LogP contribution in [0.15, 0.2) is 18.5 Å². The molecule has 7 nitrogen and oxygen atoms in total. The van der Waals surface area contributed by atoms with Crippen LogP contribution in [0.1, 0.15) is 13.3 Å². The second-order valence-electron chi connectivity index (χ2n) is 4.88. The van der Waals surface area contributed by atoms with Crippen molar-refractivity contribution < 1.29 is 18.9 Å². The zero-order chi connectivity index (χ0) is 16.5. The number of hydrogen-bond donors (Lipinski definition) is 1. The van der Waals surface area contributed by atoms with E-state index in [0.29, 0.717) is 49.3 Å². The first-order valence-electron chi connectivity index (χ1n) is 7.62. The number of benzene rings is 1. The molecule has 2 rings (SSSR count). The van der Waals surface area contributed by atoms with Gasteiger partial charge in [-0.3, -0.25) is 0 Å². The summed E-state index contributed by atoms with van der Waals surface area (Å²) in [5.74, 6) is 1.60. The van der Waals surface area contributed by atoms with Gasteiger partial charge in [-0.1, -0.05) is 6.92 Å². The van der Waals surface area contributed by atoms with E-state index in [9.17, 15) is 0 Å². The predicted molar refractivity (Wildman–Crippen MR) is 87.9 cm³/mol. The Morgan fingerprint density at radius 1 is 0.957 bits per heavy atom. The van der Waals surface area contributed by atoms with Gasteiger partial charge in [-0.15, -0.1) is 0 Å². The topological polar surface area (TPSA) is 88.7 Å². The minimum absolute atomic E-state index is 0.407. The highest BCUT2D eigenvalue weighted by Gasteiger charge is 2.11. The fourth-order valence-electron chi connectivity index (χ4n) is 2.00. The van der Waals surface area contributed by atoms with Crippen molar-refractivity contribution in [2.24, 2.45) is 0 Å². The van der Waals surface area contributed by atoms with E-state index in [1.54, 1.807) is 19.2 Å². The second-order valence-corrected chi connectivity index (χ2v) is 4.88. The first-order chi connectivity index (χ1) is 11.3. The molecule has 0 saturated carbocycles. The zero-order valence-electron chi connectivity index (χ0n) is 13.6. The average molecular weight is 321 g/mol. The summed E-state index contributed by atoms with van der Waals surface area (Å²) in [6.45, 7) is 4.65. The fourth-order valence-corrected chi connectivity index (χ4v) is 2.00. The summed E-state index contributed by atoms with van der Waals surface area (Å²) in [6.07, 6.45) is 2.41. The Morgan fingerprint density at radius 2 is 1.70 bits per heavy atom. The predicted octanol–water partition coefficient (Wildman–Crippen LogP) is 2.04. The van der Waals surface area contributed by atoms with Crippen molar-refractivity contribution in [3.63, 3.8) is 0 Å². The molecule has 23 heavy (non-hydrogen) atoms. The maximum absolute atomic E-state index is 5.89. The van der Waals surface area contributed by atoms with Crippen LogP contribution < -0.4 is 15.2 Å². The van der Waals surface area contributed by atoms with Gasteiger partial charge in [0.05, 0.1) is 18.7 Å². The molecule has 2 aromatic rings. The summed E-state index contributed by atoms with van der Waals surface area (Å²) in [6, 6.07) is 3.60. The monoisotopic (exact) mass is 321 g/mol. The Morgan fingerprint density at radius 3 is 2.43 bits per heavy atom. The van der Waals surface area contributed by atoms with Gasteiger partial charge in [-0.05, 0) is 12.5 Å². The Bertz CT molecular complexity index is 622. The first kappa shape index (κ1) is 17.2. The third-order valence-corrected chi connectivity index (χ3v) is 3.11. The quantitative estimate of drug-likeness (QED) is 0.670. The average Bonchev–Trinajstić information content (AvgIpc) is 2.56. The van der Waals surface area contributed by atoms with Gasteiger partial charge < -0.3 is 24.7 Å². The van der Waals surface area contributed by atoms with Crippen molar-refractivity contribution in [2.75, 3.05) is 45.9 Å². The number of hydrogen-bond acceptors (Lipinski definition) is 7. The summed E-state index contributed by atoms with van der Waals surface area (Å²) in [5, 5.41) is 0.731. The lowest BCUT2D eigenvalue weighted by atomic mass is 10.2. The lowest BCUT2D eigenvalue weighted by Crippen LogP contribution is -2.10. The standard InChI is InChI=1S/C16H23N3O4/c1-3-4-21-6-8-23-15-10-13-12(16(17)19-11-18-13)9-14(15)22-7-5-20-2/h9-11H,3-8H2,1-2H3,(H2,17,18,19). The number of nitrogen functional groups attached to an aromatic ring is 1. The number of fused-ring (bicyclic) bond motifs is 1. The second kappa shape index (κ2) is 9.12. The van der Waals surface area contributed by atoms with Crippen LogP contribution in [0.5, 0.6) is 11.5 Å². The highest BCUT2D eigenvalue weighted by molar-refractivity contribution is 5.90. The summed E-state index contributed by atoms with van der Waals surface area (Å²) in [5.41, 5.74) is 6.60. The van der Waals surface area contributed by atoms with Gasteiger partial charge >= 0.3 is 0 Å². The molecule has 0 radical (unpaired) electrons. The number of rotatable bonds is 10. The fraction of sp³-hybridized carbons (Fsp3) is 0.500. The molecular formula is C16H23N3O4. The normalized spacial score (nSPS) is 10.9. The summed E-state index contributed by atoms with van der Waals surface area (Å²) in [4.78, 5) is 8.21. The molecule has 0 bridgehead atoms. The third-order valence-electron chi connectivity index (χ3n) is 3.11. The number of nitrogens with zero attached hydrogens (tertiary/aromatic N) is 2. The van der Waals surface area contributed by atoms with E-state index in [0.717, 1.165) is 18.4 Å². The van der Waals surface area contributed by atoms with Gasteiger partial charge in [-0.25, -0.2) is 9.97 Å². The van der Waals surface area contributed by atoms with Crippen LogP contribution >= 0.6 is 0 Å². The smallest absolute Gasteiger partial charge is 0.163 e. The zero-order valence-corrected chi connectivity index (χ0v) is 13.6. The maximum Gasteiger partial charge on any atom is 0.163 e. The van der Waals surface area contributed by atoms with E-state index >= 15 is 0 Å². The van der Waals surface area contributed by atoms with Crippen LogP contribution in [0.3, 0.4) is 0 Å². The van der Waals surface area contributed by atoms with Gasteiger partial charge in [0.1, 0.15) is 25.4 Å². The van der Waals surface area contributed by atoms with E-state index < -0.39 is 0 Å². The molecule has 0 spiro atoms. The molecular weight excluding hydrogens is 298 g/mol. The van der Waals surface area contributed by atoms with Crippen LogP contribution in [-0.2, 0) is 9.47 Å². The lowest BCUT2D eigenvalue weighted by Gasteiger charge is -2.14. The minimum Gasteiger partial charge on any atom is -0.487 e. The van der Waals surface area contributed by atoms with Crippen molar-refractivity contribution in [2.45, 2.75) is 13.3 Å². The van der Waals surface area contributed by atoms with Crippen molar-refractivity contribution in [3.8, 4) is 11.5 Å². The van der Waals surface area contributed by atoms with Gasteiger partial charge in [-0.2, -0.15) is 0 Å². The lowest BCUT2D eigenvalue weighted by molar-refractivity contribution is 0.0978. The molecule has 0 fully saturated rings. The largest absolute Gasteiger partial charge is 0.487 e. The number of anilines is 1. The molecule has 0 atom stereocenters. The number of nitrogens with two attached hydrogens (primary N) is 1. The Hall–Kier alpha value is -2.12. The Balaban J connectivity index is 2.15. The maximum atomic E-state index is 5.89. The molecule has 2 N–H and O–H groups in total. The molecule has 1 aromatic carbocycles. The molecule has 0 aliphatic heterocycles. The van der Waals surface area contributed by atoms with Crippen molar-refractivity contribution in [1.82, 2.24) is 9.97 Å². The van der Waals surface area contributed by atoms with Gasteiger partial charge in [0.25, 0.3) is 0 Å². The Labute approximate surface area is 135 Å². The van der Waals surface area contributed by atoms with Crippen molar-refractivity contribution >= 4 is 16.7 Å². The van der Waals surface area contributed by atoms with Crippen LogP contribution in [0.4, 0.5) is 5.82 Å². The number of methoxy groups -OCH3 is 1. The molecule has 0 aliphatic rings. The summed E-state index contributed by atoms with van der Waals surface area (Å²) >= 11 is 0. The molecule has 0 saturated heterocycles. The molecule has 126 valence electrons. The molecule has 0 aliphatic carbocycles. The Kier molecular flexibility index (Phi) is 6.83. The van der Waals surface area contributed by atoms with Crippen LogP contribution in [0, 0.1) is 0 Å². The third kappa shape index (κ3) is 4.94. The van der Waals surface area contributed by atoms with E-state index in [-0.39, 0.29) is 0 Å². The van der Waals surface area contributed by atoms with Crippen molar-refractivity contribution in [1.29, 1.82) is 0 Å². The van der Waals surface area contributed by atoms with E-state index in [2.05, 4.69) is 16.9 Å². The first-order valence-corrected chi connectivity index (χ1v) is 7.62.